The molecule has 11 aromatic rings. The van der Waals surface area contributed by atoms with Gasteiger partial charge in [0.25, 0.3) is 0 Å². The van der Waals surface area contributed by atoms with Gasteiger partial charge in [-0.15, -0.1) is 11.3 Å². The summed E-state index contributed by atoms with van der Waals surface area (Å²) in [4.78, 5) is 0. The molecule has 0 spiro atoms. The van der Waals surface area contributed by atoms with E-state index in [0.29, 0.717) is 0 Å². The highest BCUT2D eigenvalue weighted by Gasteiger charge is 2.30. The van der Waals surface area contributed by atoms with Crippen LogP contribution in [0.4, 0.5) is 0 Å². The Morgan fingerprint density at radius 1 is 0.421 bits per heavy atom. The van der Waals surface area contributed by atoms with Crippen molar-refractivity contribution in [3.05, 3.63) is 199 Å². The quantitative estimate of drug-likeness (QED) is 0.164. The molecule has 6 heteroatoms. The van der Waals surface area contributed by atoms with Gasteiger partial charge in [0.2, 0.25) is 0 Å². The molecular formula is C51H36N4OS. The molecule has 272 valence electrons. The van der Waals surface area contributed by atoms with Crippen molar-refractivity contribution in [1.82, 2.24) is 20.5 Å². The van der Waals surface area contributed by atoms with Gasteiger partial charge in [0, 0.05) is 41.7 Å². The van der Waals surface area contributed by atoms with Crippen molar-refractivity contribution in [1.29, 1.82) is 0 Å². The Balaban J connectivity index is 0.977. The van der Waals surface area contributed by atoms with Gasteiger partial charge in [0.15, 0.2) is 0 Å². The Morgan fingerprint density at radius 3 is 1.75 bits per heavy atom. The fraction of sp³-hybridized carbons (Fsp3) is 0.0588. The lowest BCUT2D eigenvalue weighted by Crippen LogP contribution is -2.54. The normalized spacial score (nSPS) is 17.4. The van der Waals surface area contributed by atoms with Crippen molar-refractivity contribution >= 4 is 75.3 Å². The molecule has 1 aliphatic heterocycles. The van der Waals surface area contributed by atoms with Crippen molar-refractivity contribution in [2.45, 2.75) is 18.5 Å². The van der Waals surface area contributed by atoms with Crippen LogP contribution in [0.5, 0.6) is 0 Å². The van der Waals surface area contributed by atoms with E-state index in [1.807, 2.05) is 11.3 Å². The zero-order valence-corrected chi connectivity index (χ0v) is 31.6. The minimum Gasteiger partial charge on any atom is -0.456 e. The predicted octanol–water partition coefficient (Wildman–Crippen LogP) is 12.9. The first-order valence-electron chi connectivity index (χ1n) is 19.5. The molecule has 57 heavy (non-hydrogen) atoms. The van der Waals surface area contributed by atoms with Crippen LogP contribution in [-0.2, 0) is 0 Å². The highest BCUT2D eigenvalue weighted by molar-refractivity contribution is 7.25. The third-order valence-electron chi connectivity index (χ3n) is 11.7. The number of nitrogens with zero attached hydrogens (tertiary/aromatic N) is 1. The summed E-state index contributed by atoms with van der Waals surface area (Å²) < 4.78 is 11.7. The zero-order valence-electron chi connectivity index (χ0n) is 30.8. The van der Waals surface area contributed by atoms with Crippen LogP contribution in [0.3, 0.4) is 0 Å². The molecule has 0 radical (unpaired) electrons. The van der Waals surface area contributed by atoms with Crippen LogP contribution in [0.1, 0.15) is 35.2 Å². The van der Waals surface area contributed by atoms with E-state index in [1.165, 1.54) is 69.9 Å². The summed E-state index contributed by atoms with van der Waals surface area (Å²) in [5.74, 6) is 0. The summed E-state index contributed by atoms with van der Waals surface area (Å²) in [6.45, 7) is 0. The summed E-state index contributed by atoms with van der Waals surface area (Å²) in [7, 11) is 0. The first kappa shape index (κ1) is 32.7. The van der Waals surface area contributed by atoms with Gasteiger partial charge in [-0.3, -0.25) is 16.0 Å². The third kappa shape index (κ3) is 5.27. The monoisotopic (exact) mass is 752 g/mol. The van der Waals surface area contributed by atoms with Crippen molar-refractivity contribution in [2.24, 2.45) is 0 Å². The van der Waals surface area contributed by atoms with Crippen molar-refractivity contribution in [3.8, 4) is 16.8 Å². The van der Waals surface area contributed by atoms with Gasteiger partial charge in [-0.2, -0.15) is 0 Å². The van der Waals surface area contributed by atoms with Crippen molar-refractivity contribution < 1.29 is 4.42 Å². The van der Waals surface area contributed by atoms with Gasteiger partial charge in [-0.05, 0) is 76.3 Å². The summed E-state index contributed by atoms with van der Waals surface area (Å²) in [6.07, 6.45) is -0.199. The first-order chi connectivity index (χ1) is 28.2. The molecule has 0 amide bonds. The lowest BCUT2D eigenvalue weighted by molar-refractivity contribution is 0.203. The number of fused-ring (bicyclic) bond motifs is 9. The van der Waals surface area contributed by atoms with E-state index in [9.17, 15) is 0 Å². The molecule has 3 aromatic heterocycles. The Kier molecular flexibility index (Phi) is 7.46. The first-order valence-corrected chi connectivity index (χ1v) is 20.3. The largest absolute Gasteiger partial charge is 0.456 e. The lowest BCUT2D eigenvalue weighted by atomic mass is 9.97. The molecule has 1 fully saturated rings. The molecule has 12 rings (SSSR count). The number of hydrogen-bond donors (Lipinski definition) is 3. The topological polar surface area (TPSA) is 54.2 Å². The molecule has 5 nitrogen and oxygen atoms in total. The summed E-state index contributed by atoms with van der Waals surface area (Å²) in [6, 6.07) is 65.5. The van der Waals surface area contributed by atoms with Gasteiger partial charge in [-0.25, -0.2) is 0 Å². The Morgan fingerprint density at radius 2 is 1.05 bits per heavy atom. The molecule has 0 saturated carbocycles. The van der Waals surface area contributed by atoms with E-state index in [2.05, 4.69) is 203 Å². The molecule has 0 bridgehead atoms. The van der Waals surface area contributed by atoms with Gasteiger partial charge in [-0.1, -0.05) is 133 Å². The predicted molar refractivity (Wildman–Crippen MR) is 237 cm³/mol. The maximum absolute atomic E-state index is 6.69. The van der Waals surface area contributed by atoms with E-state index in [1.54, 1.807) is 0 Å². The second kappa shape index (κ2) is 13.0. The second-order valence-corrected chi connectivity index (χ2v) is 16.1. The number of para-hydroxylation sites is 2. The number of furan rings is 1. The van der Waals surface area contributed by atoms with Gasteiger partial charge >= 0.3 is 0 Å². The lowest BCUT2D eigenvalue weighted by Gasteiger charge is -2.39. The molecule has 2 unspecified atom stereocenters. The third-order valence-corrected chi connectivity index (χ3v) is 12.9. The number of rotatable bonds is 5. The molecule has 1 aliphatic rings. The van der Waals surface area contributed by atoms with E-state index in [4.69, 9.17) is 4.42 Å². The van der Waals surface area contributed by atoms with Gasteiger partial charge < -0.3 is 8.98 Å². The second-order valence-electron chi connectivity index (χ2n) is 15.0. The fourth-order valence-corrected chi connectivity index (χ4v) is 10.2. The number of thiophene rings is 1. The average molecular weight is 753 g/mol. The standard InChI is InChI=1S/C51H36N4OS/c1-3-13-31(14-4-1)49-52-50(32-15-5-2-6-16-32)54-51(53-49)34-25-27-38-44(30-34)56-43-23-11-19-35(47(38)43)33-26-28-45-39(29-33)48-42(22-12-24-46(48)57-45)55-40-20-9-7-17-36(40)37-18-8-10-21-41(37)55/h1-30,49-54H. The smallest absolute Gasteiger partial charge is 0.136 e. The van der Waals surface area contributed by atoms with Crippen LogP contribution in [0.15, 0.2) is 186 Å². The van der Waals surface area contributed by atoms with E-state index >= 15 is 0 Å². The van der Waals surface area contributed by atoms with E-state index < -0.39 is 0 Å². The van der Waals surface area contributed by atoms with Crippen LogP contribution in [0.2, 0.25) is 0 Å². The van der Waals surface area contributed by atoms with Crippen LogP contribution < -0.4 is 16.0 Å². The molecule has 3 N–H and O–H groups in total. The van der Waals surface area contributed by atoms with Crippen LogP contribution in [0.25, 0.3) is 80.7 Å². The SMILES string of the molecule is c1ccc(C2NC(c3ccccc3)NC(c3ccc4c(c3)oc3cccc(-c5ccc6sc7cccc(-n8c9ccccc9c9ccccc98)c7c6c5)c34)N2)cc1. The number of nitrogens with one attached hydrogen (secondary N) is 3. The van der Waals surface area contributed by atoms with Gasteiger partial charge in [0.05, 0.1) is 35.2 Å². The van der Waals surface area contributed by atoms with Crippen molar-refractivity contribution in [2.75, 3.05) is 0 Å². The van der Waals surface area contributed by atoms with Gasteiger partial charge in [0.1, 0.15) is 11.2 Å². The van der Waals surface area contributed by atoms with E-state index in [-0.39, 0.29) is 18.5 Å². The highest BCUT2D eigenvalue weighted by atomic mass is 32.1. The van der Waals surface area contributed by atoms with Crippen molar-refractivity contribution in [3.63, 3.8) is 0 Å². The summed E-state index contributed by atoms with van der Waals surface area (Å²) >= 11 is 1.86. The minimum absolute atomic E-state index is 0.0424. The summed E-state index contributed by atoms with van der Waals surface area (Å²) in [5.41, 5.74) is 11.3. The average Bonchev–Trinajstić information content (AvgIpc) is 3.96. The number of hydrogen-bond acceptors (Lipinski definition) is 5. The van der Waals surface area contributed by atoms with Crippen LogP contribution >= 0.6 is 11.3 Å². The maximum atomic E-state index is 6.69. The molecule has 2 atom stereocenters. The molecular weight excluding hydrogens is 717 g/mol. The molecule has 8 aromatic carbocycles. The Labute approximate surface area is 332 Å². The van der Waals surface area contributed by atoms with Crippen LogP contribution in [0, 0.1) is 0 Å². The number of aromatic nitrogens is 1. The maximum Gasteiger partial charge on any atom is 0.136 e. The zero-order chi connectivity index (χ0) is 37.5. The summed E-state index contributed by atoms with van der Waals surface area (Å²) in [5, 5.41) is 18.7. The number of benzene rings is 8. The Bertz CT molecular complexity index is 3210. The molecule has 4 heterocycles. The Hall–Kier alpha value is -6.54. The highest BCUT2D eigenvalue weighted by Crippen LogP contribution is 2.44. The minimum atomic E-state index is -0.114. The van der Waals surface area contributed by atoms with Crippen LogP contribution in [-0.4, -0.2) is 4.57 Å². The molecule has 0 aliphatic carbocycles. The fourth-order valence-electron chi connectivity index (χ4n) is 9.12. The molecule has 1 saturated heterocycles. The van der Waals surface area contributed by atoms with E-state index in [0.717, 1.165) is 27.5 Å².